The minimum Gasteiger partial charge on any atom is -0.349 e. The second-order valence-corrected chi connectivity index (χ2v) is 8.64. The first-order valence-corrected chi connectivity index (χ1v) is 10.4. The maximum absolute atomic E-state index is 12.9. The van der Waals surface area contributed by atoms with Crippen molar-refractivity contribution in [1.29, 1.82) is 0 Å². The van der Waals surface area contributed by atoms with Crippen LogP contribution < -0.4 is 5.32 Å². The van der Waals surface area contributed by atoms with Crippen molar-refractivity contribution in [3.8, 4) is 0 Å². The number of benzene rings is 1. The summed E-state index contributed by atoms with van der Waals surface area (Å²) >= 11 is 1.56. The van der Waals surface area contributed by atoms with Crippen LogP contribution in [0.4, 0.5) is 0 Å². The van der Waals surface area contributed by atoms with Gasteiger partial charge in [-0.05, 0) is 63.0 Å². The van der Waals surface area contributed by atoms with E-state index in [0.717, 1.165) is 22.3 Å². The lowest BCUT2D eigenvalue weighted by molar-refractivity contribution is 0.0912. The van der Waals surface area contributed by atoms with Gasteiger partial charge in [-0.2, -0.15) is 4.98 Å². The van der Waals surface area contributed by atoms with Gasteiger partial charge in [0, 0.05) is 10.9 Å². The Morgan fingerprint density at radius 3 is 2.88 bits per heavy atom. The fourth-order valence-corrected chi connectivity index (χ4v) is 5.50. The number of hydrogen-bond donors (Lipinski definition) is 1. The van der Waals surface area contributed by atoms with Crippen LogP contribution in [0.3, 0.4) is 0 Å². The maximum atomic E-state index is 12.9. The molecule has 0 saturated heterocycles. The number of aryl methyl sites for hydroxylation is 1. The van der Waals surface area contributed by atoms with Crippen LogP contribution in [0.25, 0.3) is 0 Å². The van der Waals surface area contributed by atoms with E-state index >= 15 is 0 Å². The van der Waals surface area contributed by atoms with Gasteiger partial charge in [0.05, 0.1) is 11.3 Å². The van der Waals surface area contributed by atoms with Crippen LogP contribution in [0.1, 0.15) is 54.7 Å². The third-order valence-corrected chi connectivity index (χ3v) is 6.90. The zero-order chi connectivity index (χ0) is 18.1. The van der Waals surface area contributed by atoms with E-state index in [1.165, 1.54) is 25.7 Å². The average molecular weight is 372 g/mol. The van der Waals surface area contributed by atoms with Gasteiger partial charge in [-0.25, -0.2) is 0 Å². The molecule has 2 aromatic rings. The lowest BCUT2D eigenvalue weighted by Gasteiger charge is -2.28. The van der Waals surface area contributed by atoms with Crippen molar-refractivity contribution in [3.05, 3.63) is 41.5 Å². The summed E-state index contributed by atoms with van der Waals surface area (Å²) in [7, 11) is 0. The summed E-state index contributed by atoms with van der Waals surface area (Å²) in [6.45, 7) is 3.97. The molecule has 2 aliphatic rings. The molecule has 2 fully saturated rings. The van der Waals surface area contributed by atoms with Crippen molar-refractivity contribution in [3.63, 3.8) is 0 Å². The minimum atomic E-state index is 0.0186. The van der Waals surface area contributed by atoms with Gasteiger partial charge in [-0.3, -0.25) is 4.79 Å². The summed E-state index contributed by atoms with van der Waals surface area (Å²) < 4.78 is 5.16. The Kier molecular flexibility index (Phi) is 5.02. The Balaban J connectivity index is 1.41. The molecular weight excluding hydrogens is 346 g/mol. The van der Waals surface area contributed by atoms with Gasteiger partial charge in [0.1, 0.15) is 0 Å². The number of hydrogen-bond acceptors (Lipinski definition) is 5. The molecule has 6 heteroatoms. The third kappa shape index (κ3) is 3.65. The molecular formula is C20H25N3O2S. The highest BCUT2D eigenvalue weighted by Gasteiger charge is 2.42. The quantitative estimate of drug-likeness (QED) is 0.770. The highest BCUT2D eigenvalue weighted by atomic mass is 32.2. The topological polar surface area (TPSA) is 68.0 Å². The molecule has 0 radical (unpaired) electrons. The van der Waals surface area contributed by atoms with Crippen LogP contribution in [0, 0.1) is 24.7 Å². The lowest BCUT2D eigenvalue weighted by atomic mass is 9.84. The number of carbonyl (C=O) groups excluding carboxylic acids is 1. The second kappa shape index (κ2) is 7.43. The zero-order valence-electron chi connectivity index (χ0n) is 15.3. The highest BCUT2D eigenvalue weighted by Crippen LogP contribution is 2.49. The Labute approximate surface area is 158 Å². The normalized spacial score (nSPS) is 25.4. The number of carbonyl (C=O) groups is 1. The summed E-state index contributed by atoms with van der Waals surface area (Å²) in [6.07, 6.45) is 5.36. The average Bonchev–Trinajstić information content (AvgIpc) is 3.37. The maximum Gasteiger partial charge on any atom is 0.252 e. The fraction of sp³-hybridized carbons (Fsp3) is 0.550. The van der Waals surface area contributed by atoms with E-state index in [-0.39, 0.29) is 11.9 Å². The van der Waals surface area contributed by atoms with E-state index in [1.54, 1.807) is 18.7 Å². The summed E-state index contributed by atoms with van der Waals surface area (Å²) in [5.74, 6) is 4.13. The molecule has 1 amide bonds. The number of aromatic nitrogens is 2. The van der Waals surface area contributed by atoms with Crippen LogP contribution >= 0.6 is 11.8 Å². The molecule has 1 aromatic heterocycles. The molecule has 138 valence electrons. The number of nitrogens with one attached hydrogen (secondary N) is 1. The Bertz CT molecular complexity index is 791. The van der Waals surface area contributed by atoms with Gasteiger partial charge in [0.2, 0.25) is 5.89 Å². The predicted molar refractivity (Wildman–Crippen MR) is 101 cm³/mol. The van der Waals surface area contributed by atoms with E-state index in [9.17, 15) is 4.79 Å². The molecule has 0 spiro atoms. The van der Waals surface area contributed by atoms with Gasteiger partial charge < -0.3 is 9.84 Å². The lowest BCUT2D eigenvalue weighted by Crippen LogP contribution is -2.40. The molecule has 0 aliphatic heterocycles. The zero-order valence-corrected chi connectivity index (χ0v) is 16.1. The Morgan fingerprint density at radius 1 is 1.35 bits per heavy atom. The molecule has 2 bridgehead atoms. The molecule has 1 N–H and O–H groups in total. The van der Waals surface area contributed by atoms with Crippen LogP contribution in [-0.4, -0.2) is 22.1 Å². The number of amides is 1. The van der Waals surface area contributed by atoms with Gasteiger partial charge in [0.15, 0.2) is 5.82 Å². The van der Waals surface area contributed by atoms with Crippen molar-refractivity contribution in [2.75, 3.05) is 0 Å². The van der Waals surface area contributed by atoms with Crippen molar-refractivity contribution >= 4 is 17.7 Å². The smallest absolute Gasteiger partial charge is 0.252 e. The first-order chi connectivity index (χ1) is 12.6. The van der Waals surface area contributed by atoms with E-state index in [2.05, 4.69) is 22.4 Å². The Hall–Kier alpha value is -1.82. The number of nitrogens with zero attached hydrogens (tertiary/aromatic N) is 2. The Morgan fingerprint density at radius 2 is 2.19 bits per heavy atom. The first kappa shape index (κ1) is 17.6. The van der Waals surface area contributed by atoms with Gasteiger partial charge >= 0.3 is 0 Å². The molecule has 1 heterocycles. The van der Waals surface area contributed by atoms with E-state index in [0.29, 0.717) is 23.4 Å². The summed E-state index contributed by atoms with van der Waals surface area (Å²) in [5, 5.41) is 7.07. The number of thioether (sulfide) groups is 1. The molecule has 4 atom stereocenters. The molecule has 5 nitrogen and oxygen atoms in total. The summed E-state index contributed by atoms with van der Waals surface area (Å²) in [4.78, 5) is 18.0. The first-order valence-electron chi connectivity index (χ1n) is 9.42. The number of fused-ring (bicyclic) bond motifs is 2. The molecule has 4 unspecified atom stereocenters. The van der Waals surface area contributed by atoms with Crippen LogP contribution in [0.15, 0.2) is 33.7 Å². The molecule has 4 rings (SSSR count). The monoisotopic (exact) mass is 371 g/mol. The van der Waals surface area contributed by atoms with Crippen LogP contribution in [0.2, 0.25) is 0 Å². The van der Waals surface area contributed by atoms with E-state index in [4.69, 9.17) is 4.52 Å². The molecule has 1 aromatic carbocycles. The van der Waals surface area contributed by atoms with Crippen molar-refractivity contribution in [1.82, 2.24) is 15.5 Å². The summed E-state index contributed by atoms with van der Waals surface area (Å²) in [6, 6.07) is 7.97. The summed E-state index contributed by atoms with van der Waals surface area (Å²) in [5.41, 5.74) is 0.726. The molecule has 26 heavy (non-hydrogen) atoms. The predicted octanol–water partition coefficient (Wildman–Crippen LogP) is 4.22. The molecule has 2 saturated carbocycles. The van der Waals surface area contributed by atoms with Gasteiger partial charge in [0.25, 0.3) is 5.91 Å². The molecule has 2 aliphatic carbocycles. The largest absolute Gasteiger partial charge is 0.349 e. The van der Waals surface area contributed by atoms with Gasteiger partial charge in [-0.15, -0.1) is 11.8 Å². The van der Waals surface area contributed by atoms with Crippen molar-refractivity contribution < 1.29 is 9.32 Å². The number of rotatable bonds is 6. The van der Waals surface area contributed by atoms with Crippen molar-refractivity contribution in [2.45, 2.75) is 56.2 Å². The van der Waals surface area contributed by atoms with Gasteiger partial charge in [-0.1, -0.05) is 23.7 Å². The SMILES string of the molecule is Cc1noc(CSc2ccccc2C(=O)NC(C)C2CC3CCC2C3)n1. The second-order valence-electron chi connectivity index (χ2n) is 7.62. The van der Waals surface area contributed by atoms with Crippen molar-refractivity contribution in [2.24, 2.45) is 17.8 Å². The highest BCUT2D eigenvalue weighted by molar-refractivity contribution is 7.98. The van der Waals surface area contributed by atoms with E-state index in [1.807, 2.05) is 24.3 Å². The third-order valence-electron chi connectivity index (χ3n) is 5.85. The van der Waals surface area contributed by atoms with Crippen LogP contribution in [0.5, 0.6) is 0 Å². The fourth-order valence-electron chi connectivity index (χ4n) is 4.62. The minimum absolute atomic E-state index is 0.0186. The van der Waals surface area contributed by atoms with E-state index < -0.39 is 0 Å². The van der Waals surface area contributed by atoms with Crippen LogP contribution in [-0.2, 0) is 5.75 Å². The standard InChI is InChI=1S/C20H25N3O2S/c1-12(17-10-14-7-8-15(17)9-14)21-20(24)16-5-3-4-6-18(16)26-11-19-22-13(2)23-25-19/h3-6,12,14-15,17H,7-11H2,1-2H3,(H,21,24).